The van der Waals surface area contributed by atoms with E-state index in [1.54, 1.807) is 0 Å². The zero-order valence-corrected chi connectivity index (χ0v) is 11.8. The van der Waals surface area contributed by atoms with Crippen molar-refractivity contribution >= 4 is 17.5 Å². The third-order valence-corrected chi connectivity index (χ3v) is 3.56. The predicted octanol–water partition coefficient (Wildman–Crippen LogP) is 3.38. The van der Waals surface area contributed by atoms with Crippen LogP contribution in [0.2, 0.25) is 0 Å². The van der Waals surface area contributed by atoms with E-state index in [2.05, 4.69) is 51.4 Å². The lowest BCUT2D eigenvalue weighted by Crippen LogP contribution is -2.25. The molecule has 20 heavy (non-hydrogen) atoms. The maximum absolute atomic E-state index is 4.64. The number of aryl methyl sites for hydroxylation is 1. The Hall–Kier alpha value is -2.10. The van der Waals surface area contributed by atoms with E-state index in [4.69, 9.17) is 0 Å². The van der Waals surface area contributed by atoms with Gasteiger partial charge >= 0.3 is 0 Å². The van der Waals surface area contributed by atoms with Crippen LogP contribution >= 0.6 is 0 Å². The topological polar surface area (TPSA) is 41.1 Å². The molecule has 0 radical (unpaired) electrons. The van der Waals surface area contributed by atoms with Crippen molar-refractivity contribution in [2.75, 3.05) is 23.3 Å². The number of hydrogen-bond acceptors (Lipinski definition) is 4. The van der Waals surface area contributed by atoms with E-state index in [1.807, 2.05) is 12.3 Å². The molecule has 104 valence electrons. The molecule has 0 atom stereocenters. The summed E-state index contributed by atoms with van der Waals surface area (Å²) in [7, 11) is 0. The van der Waals surface area contributed by atoms with Crippen LogP contribution in [0.3, 0.4) is 0 Å². The Balaban J connectivity index is 1.90. The summed E-state index contributed by atoms with van der Waals surface area (Å²) in [5.74, 6) is 1.69. The molecule has 0 fully saturated rings. The van der Waals surface area contributed by atoms with E-state index < -0.39 is 0 Å². The summed E-state index contributed by atoms with van der Waals surface area (Å²) >= 11 is 0. The van der Waals surface area contributed by atoms with E-state index in [1.165, 1.54) is 17.7 Å². The monoisotopic (exact) mass is 268 g/mol. The summed E-state index contributed by atoms with van der Waals surface area (Å²) in [6.45, 7) is 4.05. The van der Waals surface area contributed by atoms with Gasteiger partial charge in [-0.15, -0.1) is 0 Å². The maximum Gasteiger partial charge on any atom is 0.224 e. The molecule has 4 heteroatoms. The molecule has 2 aromatic rings. The first-order valence-corrected chi connectivity index (χ1v) is 7.31. The van der Waals surface area contributed by atoms with Crippen molar-refractivity contribution in [2.24, 2.45) is 0 Å². The van der Waals surface area contributed by atoms with Crippen molar-refractivity contribution in [3.8, 4) is 0 Å². The molecule has 3 rings (SSSR count). The number of rotatable bonds is 4. The minimum Gasteiger partial charge on any atom is -0.354 e. The molecule has 0 aliphatic carbocycles. The third kappa shape index (κ3) is 2.59. The molecule has 1 aliphatic heterocycles. The van der Waals surface area contributed by atoms with Crippen molar-refractivity contribution in [1.29, 1.82) is 0 Å². The number of nitrogens with one attached hydrogen (secondary N) is 1. The van der Waals surface area contributed by atoms with E-state index in [0.717, 1.165) is 31.7 Å². The number of hydrogen-bond donors (Lipinski definition) is 1. The van der Waals surface area contributed by atoms with Gasteiger partial charge in [-0.1, -0.05) is 25.1 Å². The summed E-state index contributed by atoms with van der Waals surface area (Å²) in [4.78, 5) is 11.2. The molecule has 2 heterocycles. The second kappa shape index (κ2) is 5.90. The van der Waals surface area contributed by atoms with Gasteiger partial charge in [0.1, 0.15) is 5.82 Å². The molecule has 4 nitrogen and oxygen atoms in total. The SMILES string of the molecule is CCCNc1nccc(N2CCCc3ccccc32)n1. The fourth-order valence-corrected chi connectivity index (χ4v) is 2.59. The molecular weight excluding hydrogens is 248 g/mol. The average Bonchev–Trinajstić information content (AvgIpc) is 2.52. The smallest absolute Gasteiger partial charge is 0.224 e. The third-order valence-electron chi connectivity index (χ3n) is 3.56. The Morgan fingerprint density at radius 2 is 2.15 bits per heavy atom. The van der Waals surface area contributed by atoms with Gasteiger partial charge in [0, 0.05) is 25.0 Å². The van der Waals surface area contributed by atoms with Gasteiger partial charge in [0.15, 0.2) is 0 Å². The highest BCUT2D eigenvalue weighted by atomic mass is 15.2. The maximum atomic E-state index is 4.64. The highest BCUT2D eigenvalue weighted by Crippen LogP contribution is 2.32. The Bertz CT molecular complexity index is 582. The van der Waals surface area contributed by atoms with Gasteiger partial charge in [-0.2, -0.15) is 4.98 Å². The quantitative estimate of drug-likeness (QED) is 0.923. The first-order valence-electron chi connectivity index (χ1n) is 7.31. The Kier molecular flexibility index (Phi) is 3.81. The van der Waals surface area contributed by atoms with Crippen molar-refractivity contribution in [3.63, 3.8) is 0 Å². The van der Waals surface area contributed by atoms with Crippen LogP contribution in [0.4, 0.5) is 17.5 Å². The standard InChI is InChI=1S/C16H20N4/c1-2-10-17-16-18-11-9-15(19-16)20-12-5-7-13-6-3-4-8-14(13)20/h3-4,6,8-9,11H,2,5,7,10,12H2,1H3,(H,17,18,19). The fraction of sp³-hybridized carbons (Fsp3) is 0.375. The number of fused-ring (bicyclic) bond motifs is 1. The highest BCUT2D eigenvalue weighted by Gasteiger charge is 2.18. The first kappa shape index (κ1) is 12.9. The van der Waals surface area contributed by atoms with Crippen molar-refractivity contribution < 1.29 is 0 Å². The molecule has 0 saturated carbocycles. The number of para-hydroxylation sites is 1. The number of nitrogens with zero attached hydrogens (tertiary/aromatic N) is 3. The number of aromatic nitrogens is 2. The van der Waals surface area contributed by atoms with Crippen molar-refractivity contribution in [2.45, 2.75) is 26.2 Å². The normalized spacial score (nSPS) is 13.9. The van der Waals surface area contributed by atoms with Crippen LogP contribution in [0.25, 0.3) is 0 Å². The summed E-state index contributed by atoms with van der Waals surface area (Å²) in [5, 5.41) is 3.25. The van der Waals surface area contributed by atoms with Gasteiger partial charge in [0.05, 0.1) is 0 Å². The molecule has 0 spiro atoms. The molecule has 0 unspecified atom stereocenters. The molecule has 0 saturated heterocycles. The van der Waals surface area contributed by atoms with Crippen LogP contribution in [0.5, 0.6) is 0 Å². The van der Waals surface area contributed by atoms with Gasteiger partial charge in [0.25, 0.3) is 0 Å². The fourth-order valence-electron chi connectivity index (χ4n) is 2.59. The minimum atomic E-state index is 0.715. The molecule has 0 bridgehead atoms. The molecule has 0 amide bonds. The van der Waals surface area contributed by atoms with Crippen LogP contribution in [0.15, 0.2) is 36.5 Å². The van der Waals surface area contributed by atoms with Gasteiger partial charge in [-0.3, -0.25) is 0 Å². The first-order chi connectivity index (χ1) is 9.88. The second-order valence-corrected chi connectivity index (χ2v) is 5.05. The molecule has 1 aromatic heterocycles. The predicted molar refractivity (Wildman–Crippen MR) is 82.6 cm³/mol. The van der Waals surface area contributed by atoms with Gasteiger partial charge in [0.2, 0.25) is 5.95 Å². The van der Waals surface area contributed by atoms with Crippen LogP contribution < -0.4 is 10.2 Å². The zero-order chi connectivity index (χ0) is 13.8. The summed E-state index contributed by atoms with van der Waals surface area (Å²) in [6, 6.07) is 10.6. The van der Waals surface area contributed by atoms with Gasteiger partial charge in [-0.25, -0.2) is 4.98 Å². The van der Waals surface area contributed by atoms with E-state index in [9.17, 15) is 0 Å². The summed E-state index contributed by atoms with van der Waals surface area (Å²) < 4.78 is 0. The average molecular weight is 268 g/mol. The van der Waals surface area contributed by atoms with Gasteiger partial charge in [-0.05, 0) is 37.0 Å². The van der Waals surface area contributed by atoms with Crippen molar-refractivity contribution in [3.05, 3.63) is 42.1 Å². The minimum absolute atomic E-state index is 0.715. The van der Waals surface area contributed by atoms with E-state index in [-0.39, 0.29) is 0 Å². The van der Waals surface area contributed by atoms with E-state index >= 15 is 0 Å². The molecule has 1 aromatic carbocycles. The summed E-state index contributed by atoms with van der Waals surface area (Å²) in [6.07, 6.45) is 5.22. The second-order valence-electron chi connectivity index (χ2n) is 5.05. The van der Waals surface area contributed by atoms with E-state index in [0.29, 0.717) is 5.95 Å². The van der Waals surface area contributed by atoms with Gasteiger partial charge < -0.3 is 10.2 Å². The zero-order valence-electron chi connectivity index (χ0n) is 11.8. The highest BCUT2D eigenvalue weighted by molar-refractivity contribution is 5.65. The number of benzene rings is 1. The molecule has 1 N–H and O–H groups in total. The lowest BCUT2D eigenvalue weighted by atomic mass is 10.0. The Labute approximate surface area is 119 Å². The number of anilines is 3. The molecular formula is C16H20N4. The Morgan fingerprint density at radius 3 is 3.05 bits per heavy atom. The van der Waals surface area contributed by atoms with Crippen LogP contribution in [0, 0.1) is 0 Å². The van der Waals surface area contributed by atoms with Crippen LogP contribution in [0.1, 0.15) is 25.3 Å². The Morgan fingerprint density at radius 1 is 1.25 bits per heavy atom. The van der Waals surface area contributed by atoms with Crippen LogP contribution in [-0.2, 0) is 6.42 Å². The lowest BCUT2D eigenvalue weighted by Gasteiger charge is -2.30. The summed E-state index contributed by atoms with van der Waals surface area (Å²) in [5.41, 5.74) is 2.68. The molecule has 1 aliphatic rings. The van der Waals surface area contributed by atoms with Crippen LogP contribution in [-0.4, -0.2) is 23.1 Å². The lowest BCUT2D eigenvalue weighted by molar-refractivity contribution is 0.758. The largest absolute Gasteiger partial charge is 0.354 e. The van der Waals surface area contributed by atoms with Crippen molar-refractivity contribution in [1.82, 2.24) is 9.97 Å².